The van der Waals surface area contributed by atoms with Gasteiger partial charge in [0.15, 0.2) is 5.78 Å². The number of anilines is 2. The lowest BCUT2D eigenvalue weighted by molar-refractivity contribution is -0.0361. The van der Waals surface area contributed by atoms with E-state index in [0.717, 1.165) is 0 Å². The van der Waals surface area contributed by atoms with Crippen LogP contribution in [0.5, 0.6) is 0 Å². The van der Waals surface area contributed by atoms with Gasteiger partial charge in [-0.3, -0.25) is 4.79 Å². The van der Waals surface area contributed by atoms with Gasteiger partial charge in [0.2, 0.25) is 11.9 Å². The van der Waals surface area contributed by atoms with Gasteiger partial charge in [-0.05, 0) is 31.9 Å². The number of carbonyl (C=O) groups is 1. The third-order valence-electron chi connectivity index (χ3n) is 5.68. The fourth-order valence-electron chi connectivity index (χ4n) is 4.00. The molecule has 3 aromatic heterocycles. The molecular formula is C22H25F3N6O2. The number of hydrogen-bond donors (Lipinski definition) is 3. The minimum atomic E-state index is -2.65. The molecular weight excluding hydrogens is 437 g/mol. The fraction of sp³-hybridized carbons (Fsp3) is 0.455. The summed E-state index contributed by atoms with van der Waals surface area (Å²) < 4.78 is 46.6. The van der Waals surface area contributed by atoms with E-state index in [1.807, 2.05) is 6.92 Å². The summed E-state index contributed by atoms with van der Waals surface area (Å²) in [5.41, 5.74) is 0.422. The number of ether oxygens (including phenoxy) is 1. The SMILES string of the molecule is COCC(C)Nc1ncnc2[nH]cc(C(=O)c3ccc(NC4CCC(F)(F)CC4)nc3F)c12. The highest BCUT2D eigenvalue weighted by Crippen LogP contribution is 2.34. The smallest absolute Gasteiger partial charge is 0.248 e. The van der Waals surface area contributed by atoms with E-state index in [-0.39, 0.29) is 54.7 Å². The van der Waals surface area contributed by atoms with E-state index in [2.05, 4.69) is 30.6 Å². The van der Waals surface area contributed by atoms with Gasteiger partial charge in [-0.15, -0.1) is 0 Å². The summed E-state index contributed by atoms with van der Waals surface area (Å²) in [4.78, 5) is 28.3. The van der Waals surface area contributed by atoms with Crippen molar-refractivity contribution in [3.63, 3.8) is 0 Å². The van der Waals surface area contributed by atoms with Crippen LogP contribution >= 0.6 is 0 Å². The molecule has 176 valence electrons. The number of fused-ring (bicyclic) bond motifs is 1. The number of alkyl halides is 2. The van der Waals surface area contributed by atoms with Crippen LogP contribution in [0.25, 0.3) is 11.0 Å². The Bertz CT molecular complexity index is 1140. The normalized spacial score (nSPS) is 17.1. The topological polar surface area (TPSA) is 105 Å². The summed E-state index contributed by atoms with van der Waals surface area (Å²) in [7, 11) is 1.58. The molecule has 0 spiro atoms. The summed E-state index contributed by atoms with van der Waals surface area (Å²) in [6.07, 6.45) is 2.92. The van der Waals surface area contributed by atoms with Gasteiger partial charge in [0.1, 0.15) is 23.6 Å². The van der Waals surface area contributed by atoms with E-state index in [4.69, 9.17) is 4.74 Å². The molecule has 8 nitrogen and oxygen atoms in total. The van der Waals surface area contributed by atoms with Crippen LogP contribution in [-0.4, -0.2) is 57.4 Å². The van der Waals surface area contributed by atoms with Gasteiger partial charge in [0.05, 0.1) is 23.1 Å². The van der Waals surface area contributed by atoms with Crippen molar-refractivity contribution in [1.29, 1.82) is 0 Å². The van der Waals surface area contributed by atoms with Gasteiger partial charge < -0.3 is 20.4 Å². The summed E-state index contributed by atoms with van der Waals surface area (Å²) >= 11 is 0. The number of aromatic amines is 1. The third kappa shape index (κ3) is 5.08. The molecule has 0 amide bonds. The summed E-state index contributed by atoms with van der Waals surface area (Å²) in [6, 6.07) is 2.52. The van der Waals surface area contributed by atoms with E-state index in [0.29, 0.717) is 23.5 Å². The quantitative estimate of drug-likeness (QED) is 0.341. The van der Waals surface area contributed by atoms with Crippen LogP contribution < -0.4 is 10.6 Å². The zero-order chi connectivity index (χ0) is 23.6. The van der Waals surface area contributed by atoms with Crippen molar-refractivity contribution in [3.8, 4) is 0 Å². The first-order chi connectivity index (χ1) is 15.8. The molecule has 1 aliphatic carbocycles. The zero-order valence-electron chi connectivity index (χ0n) is 18.3. The van der Waals surface area contributed by atoms with Crippen LogP contribution in [0.1, 0.15) is 48.5 Å². The van der Waals surface area contributed by atoms with Crippen LogP contribution in [0.4, 0.5) is 24.8 Å². The lowest BCUT2D eigenvalue weighted by Gasteiger charge is -2.29. The van der Waals surface area contributed by atoms with Crippen LogP contribution in [0.15, 0.2) is 24.7 Å². The molecule has 1 aliphatic rings. The zero-order valence-corrected chi connectivity index (χ0v) is 18.3. The largest absolute Gasteiger partial charge is 0.383 e. The Labute approximate surface area is 188 Å². The Morgan fingerprint density at radius 1 is 1.27 bits per heavy atom. The second kappa shape index (κ2) is 9.34. The Hall–Kier alpha value is -3.21. The molecule has 3 aromatic rings. The van der Waals surface area contributed by atoms with Crippen LogP contribution in [0, 0.1) is 5.95 Å². The number of nitrogens with zero attached hydrogens (tertiary/aromatic N) is 3. The molecule has 1 saturated carbocycles. The van der Waals surface area contributed by atoms with Gasteiger partial charge >= 0.3 is 0 Å². The molecule has 1 unspecified atom stereocenters. The molecule has 3 heterocycles. The average Bonchev–Trinajstić information content (AvgIpc) is 3.20. The first-order valence-electron chi connectivity index (χ1n) is 10.7. The number of methoxy groups -OCH3 is 1. The van der Waals surface area contributed by atoms with E-state index in [1.54, 1.807) is 7.11 Å². The highest BCUT2D eigenvalue weighted by atomic mass is 19.3. The number of hydrogen-bond acceptors (Lipinski definition) is 7. The average molecular weight is 462 g/mol. The highest BCUT2D eigenvalue weighted by Gasteiger charge is 2.35. The van der Waals surface area contributed by atoms with Crippen LogP contribution in [0.3, 0.4) is 0 Å². The Balaban J connectivity index is 1.56. The van der Waals surface area contributed by atoms with Crippen molar-refractivity contribution in [2.24, 2.45) is 0 Å². The first-order valence-corrected chi connectivity index (χ1v) is 10.7. The number of pyridine rings is 1. The standard InChI is InChI=1S/C22H25F3N6O2/c1-12(10-33-2)29-21-17-15(9-26-20(17)27-11-28-21)18(32)14-3-4-16(31-19(14)23)30-13-5-7-22(24,25)8-6-13/h3-4,9,11-13H,5-8,10H2,1-2H3,(H,30,31)(H2,26,27,28,29). The van der Waals surface area contributed by atoms with E-state index in [9.17, 15) is 18.0 Å². The summed E-state index contributed by atoms with van der Waals surface area (Å²) in [5, 5.41) is 6.60. The maximum Gasteiger partial charge on any atom is 0.248 e. The van der Waals surface area contributed by atoms with Crippen molar-refractivity contribution in [2.45, 2.75) is 50.6 Å². The molecule has 0 radical (unpaired) electrons. The van der Waals surface area contributed by atoms with Gasteiger partial charge in [-0.1, -0.05) is 0 Å². The number of nitrogens with one attached hydrogen (secondary N) is 3. The van der Waals surface area contributed by atoms with Crippen molar-refractivity contribution >= 4 is 28.5 Å². The summed E-state index contributed by atoms with van der Waals surface area (Å²) in [5.74, 6) is -3.54. The van der Waals surface area contributed by atoms with Gasteiger partial charge in [0, 0.05) is 38.2 Å². The van der Waals surface area contributed by atoms with Crippen molar-refractivity contribution in [1.82, 2.24) is 19.9 Å². The molecule has 4 rings (SSSR count). The van der Waals surface area contributed by atoms with Crippen molar-refractivity contribution in [3.05, 3.63) is 41.7 Å². The predicted octanol–water partition coefficient (Wildman–Crippen LogP) is 4.16. The maximum atomic E-state index is 14.8. The number of ketones is 1. The first kappa shape index (κ1) is 23.0. The van der Waals surface area contributed by atoms with Crippen LogP contribution in [0.2, 0.25) is 0 Å². The number of rotatable bonds is 8. The fourth-order valence-corrected chi connectivity index (χ4v) is 4.00. The highest BCUT2D eigenvalue weighted by molar-refractivity contribution is 6.18. The predicted molar refractivity (Wildman–Crippen MR) is 117 cm³/mol. The Morgan fingerprint density at radius 3 is 2.73 bits per heavy atom. The van der Waals surface area contributed by atoms with E-state index >= 15 is 0 Å². The molecule has 0 aliphatic heterocycles. The number of aromatic nitrogens is 4. The lowest BCUT2D eigenvalue weighted by Crippen LogP contribution is -2.32. The molecule has 33 heavy (non-hydrogen) atoms. The minimum absolute atomic E-state index is 0.0885. The summed E-state index contributed by atoms with van der Waals surface area (Å²) in [6.45, 7) is 2.32. The van der Waals surface area contributed by atoms with Crippen molar-refractivity contribution in [2.75, 3.05) is 24.4 Å². The van der Waals surface area contributed by atoms with Gasteiger partial charge in [-0.25, -0.2) is 23.7 Å². The molecule has 11 heteroatoms. The molecule has 0 saturated heterocycles. The maximum absolute atomic E-state index is 14.8. The van der Waals surface area contributed by atoms with Crippen molar-refractivity contribution < 1.29 is 22.7 Å². The number of carbonyl (C=O) groups excluding carboxylic acids is 1. The minimum Gasteiger partial charge on any atom is -0.383 e. The second-order valence-corrected chi connectivity index (χ2v) is 8.29. The Morgan fingerprint density at radius 2 is 2.03 bits per heavy atom. The molecule has 1 fully saturated rings. The molecule has 0 aromatic carbocycles. The second-order valence-electron chi connectivity index (χ2n) is 8.29. The van der Waals surface area contributed by atoms with E-state index < -0.39 is 17.7 Å². The monoisotopic (exact) mass is 462 g/mol. The molecule has 1 atom stereocenters. The van der Waals surface area contributed by atoms with E-state index in [1.165, 1.54) is 24.7 Å². The lowest BCUT2D eigenvalue weighted by atomic mass is 9.92. The molecule has 3 N–H and O–H groups in total. The van der Waals surface area contributed by atoms with Gasteiger partial charge in [-0.2, -0.15) is 4.39 Å². The third-order valence-corrected chi connectivity index (χ3v) is 5.68. The molecule has 0 bridgehead atoms. The van der Waals surface area contributed by atoms with Gasteiger partial charge in [0.25, 0.3) is 0 Å². The number of H-pyrrole nitrogens is 1. The number of halogens is 3. The van der Waals surface area contributed by atoms with Crippen LogP contribution in [-0.2, 0) is 4.74 Å². The Kier molecular flexibility index (Phi) is 6.50.